The van der Waals surface area contributed by atoms with Crippen molar-refractivity contribution < 1.29 is 14.3 Å². The molecule has 1 aliphatic heterocycles. The summed E-state index contributed by atoms with van der Waals surface area (Å²) in [5, 5.41) is 9.90. The Labute approximate surface area is 127 Å². The zero-order chi connectivity index (χ0) is 14.8. The average molecular weight is 306 g/mol. The average Bonchev–Trinajstić information content (AvgIpc) is 3.16. The van der Waals surface area contributed by atoms with E-state index in [1.165, 1.54) is 11.3 Å². The van der Waals surface area contributed by atoms with Gasteiger partial charge in [-0.05, 0) is 37.8 Å². The van der Waals surface area contributed by atoms with Gasteiger partial charge in [-0.2, -0.15) is 0 Å². The minimum Gasteiger partial charge on any atom is -0.462 e. The van der Waals surface area contributed by atoms with Gasteiger partial charge in [0.15, 0.2) is 10.8 Å². The normalized spacial score (nSPS) is 16.4. The first-order chi connectivity index (χ1) is 10.2. The van der Waals surface area contributed by atoms with Crippen LogP contribution >= 0.6 is 11.3 Å². The lowest BCUT2D eigenvalue weighted by Crippen LogP contribution is -2.39. The van der Waals surface area contributed by atoms with Crippen molar-refractivity contribution >= 4 is 17.2 Å². The van der Waals surface area contributed by atoms with Crippen LogP contribution in [0.2, 0.25) is 0 Å². The summed E-state index contributed by atoms with van der Waals surface area (Å²) in [7, 11) is 0. The zero-order valence-electron chi connectivity index (χ0n) is 11.9. The molecule has 1 N–H and O–H groups in total. The molecule has 3 heterocycles. The summed E-state index contributed by atoms with van der Waals surface area (Å²) in [5.41, 5.74) is 0.522. The van der Waals surface area contributed by atoms with Gasteiger partial charge in [0.1, 0.15) is 5.69 Å². The summed E-state index contributed by atoms with van der Waals surface area (Å²) < 4.78 is 5.34. The van der Waals surface area contributed by atoms with Crippen LogP contribution < -0.4 is 0 Å². The first-order valence-corrected chi connectivity index (χ1v) is 7.92. The highest BCUT2D eigenvalue weighted by Gasteiger charge is 2.26. The first kappa shape index (κ1) is 14.3. The number of carbonyl (C=O) groups excluding carboxylic acids is 1. The van der Waals surface area contributed by atoms with Crippen molar-refractivity contribution in [2.45, 2.75) is 19.8 Å². The number of thiazole rings is 1. The Morgan fingerprint density at radius 1 is 1.52 bits per heavy atom. The Hall–Kier alpha value is -1.66. The number of nitrogens with zero attached hydrogens (tertiary/aromatic N) is 2. The fourth-order valence-electron chi connectivity index (χ4n) is 2.57. The monoisotopic (exact) mass is 306 g/mol. The van der Waals surface area contributed by atoms with Crippen molar-refractivity contribution in [2.75, 3.05) is 19.7 Å². The fraction of sp³-hybridized carbons (Fsp3) is 0.467. The largest absolute Gasteiger partial charge is 0.462 e. The van der Waals surface area contributed by atoms with Gasteiger partial charge in [0, 0.05) is 24.6 Å². The molecule has 1 amide bonds. The number of amides is 1. The molecule has 5 nitrogen and oxygen atoms in total. The standard InChI is InChI=1S/C15H18N2O3S/c1-10-13(16-14(21-10)12-3-2-8-20-12)15(19)17-6-4-11(9-18)5-7-17/h2-3,8,11,18H,4-7,9H2,1H3. The van der Waals surface area contributed by atoms with Crippen LogP contribution in [0.15, 0.2) is 22.8 Å². The van der Waals surface area contributed by atoms with E-state index in [2.05, 4.69) is 4.98 Å². The maximum Gasteiger partial charge on any atom is 0.273 e. The van der Waals surface area contributed by atoms with Gasteiger partial charge in [-0.25, -0.2) is 4.98 Å². The van der Waals surface area contributed by atoms with Gasteiger partial charge in [0.25, 0.3) is 5.91 Å². The van der Waals surface area contributed by atoms with Crippen LogP contribution in [0.3, 0.4) is 0 Å². The van der Waals surface area contributed by atoms with Crippen LogP contribution in [-0.2, 0) is 0 Å². The van der Waals surface area contributed by atoms with Crippen molar-refractivity contribution in [2.24, 2.45) is 5.92 Å². The van der Waals surface area contributed by atoms with Crippen molar-refractivity contribution in [3.63, 3.8) is 0 Å². The minimum absolute atomic E-state index is 0.0158. The molecular formula is C15H18N2O3S. The molecule has 3 rings (SSSR count). The van der Waals surface area contributed by atoms with Gasteiger partial charge in [0.2, 0.25) is 0 Å². The van der Waals surface area contributed by atoms with Gasteiger partial charge in [-0.3, -0.25) is 4.79 Å². The highest BCUT2D eigenvalue weighted by atomic mass is 32.1. The second kappa shape index (κ2) is 5.99. The van der Waals surface area contributed by atoms with Gasteiger partial charge in [-0.1, -0.05) is 0 Å². The fourth-order valence-corrected chi connectivity index (χ4v) is 3.44. The molecule has 2 aromatic heterocycles. The number of hydrogen-bond acceptors (Lipinski definition) is 5. The topological polar surface area (TPSA) is 66.6 Å². The lowest BCUT2D eigenvalue weighted by molar-refractivity contribution is 0.0645. The van der Waals surface area contributed by atoms with Crippen molar-refractivity contribution in [1.82, 2.24) is 9.88 Å². The Kier molecular flexibility index (Phi) is 4.07. The van der Waals surface area contributed by atoms with Crippen LogP contribution in [-0.4, -0.2) is 40.6 Å². The second-order valence-corrected chi connectivity index (χ2v) is 6.52. The van der Waals surface area contributed by atoms with E-state index in [-0.39, 0.29) is 12.5 Å². The van der Waals surface area contributed by atoms with Crippen LogP contribution in [0.25, 0.3) is 10.8 Å². The van der Waals surface area contributed by atoms with Gasteiger partial charge < -0.3 is 14.4 Å². The van der Waals surface area contributed by atoms with Crippen LogP contribution in [0.1, 0.15) is 28.2 Å². The maximum atomic E-state index is 12.6. The molecule has 2 aromatic rings. The van der Waals surface area contributed by atoms with Crippen molar-refractivity contribution in [3.8, 4) is 10.8 Å². The molecule has 0 saturated carbocycles. The highest BCUT2D eigenvalue weighted by Crippen LogP contribution is 2.29. The third kappa shape index (κ3) is 2.87. The Morgan fingerprint density at radius 3 is 2.90 bits per heavy atom. The molecule has 0 spiro atoms. The highest BCUT2D eigenvalue weighted by molar-refractivity contribution is 7.15. The molecule has 0 unspecified atom stereocenters. The lowest BCUT2D eigenvalue weighted by atomic mass is 9.98. The van der Waals surface area contributed by atoms with Crippen molar-refractivity contribution in [3.05, 3.63) is 29.0 Å². The lowest BCUT2D eigenvalue weighted by Gasteiger charge is -2.30. The first-order valence-electron chi connectivity index (χ1n) is 7.10. The molecule has 0 aliphatic carbocycles. The summed E-state index contributed by atoms with van der Waals surface area (Å²) in [6, 6.07) is 3.66. The van der Waals surface area contributed by atoms with E-state index in [4.69, 9.17) is 9.52 Å². The number of furan rings is 1. The number of piperidine rings is 1. The number of hydrogen-bond donors (Lipinski definition) is 1. The summed E-state index contributed by atoms with van der Waals surface area (Å²) >= 11 is 1.48. The van der Waals surface area contributed by atoms with Gasteiger partial charge >= 0.3 is 0 Å². The number of aliphatic hydroxyl groups excluding tert-OH is 1. The summed E-state index contributed by atoms with van der Waals surface area (Å²) in [5.74, 6) is 1.00. The number of likely N-dealkylation sites (tertiary alicyclic amines) is 1. The molecular weight excluding hydrogens is 288 g/mol. The number of carbonyl (C=O) groups is 1. The zero-order valence-corrected chi connectivity index (χ0v) is 12.7. The quantitative estimate of drug-likeness (QED) is 0.946. The predicted octanol–water partition coefficient (Wildman–Crippen LogP) is 2.56. The molecule has 0 radical (unpaired) electrons. The van der Waals surface area contributed by atoms with E-state index in [9.17, 15) is 4.79 Å². The third-order valence-corrected chi connectivity index (χ3v) is 4.88. The number of aryl methyl sites for hydroxylation is 1. The summed E-state index contributed by atoms with van der Waals surface area (Å²) in [4.78, 5) is 19.8. The maximum absolute atomic E-state index is 12.6. The molecule has 0 aromatic carbocycles. The van der Waals surface area contributed by atoms with E-state index in [1.54, 1.807) is 6.26 Å². The smallest absolute Gasteiger partial charge is 0.273 e. The second-order valence-electron chi connectivity index (χ2n) is 5.32. The SMILES string of the molecule is Cc1sc(-c2ccco2)nc1C(=O)N1CCC(CO)CC1. The van der Waals surface area contributed by atoms with E-state index >= 15 is 0 Å². The Bertz CT molecular complexity index is 613. The molecule has 1 aliphatic rings. The van der Waals surface area contributed by atoms with Gasteiger partial charge in [0.05, 0.1) is 6.26 Å². The predicted molar refractivity (Wildman–Crippen MR) is 80.3 cm³/mol. The Morgan fingerprint density at radius 2 is 2.29 bits per heavy atom. The van der Waals surface area contributed by atoms with Crippen molar-refractivity contribution in [1.29, 1.82) is 0 Å². The third-order valence-electron chi connectivity index (χ3n) is 3.89. The van der Waals surface area contributed by atoms with E-state index < -0.39 is 0 Å². The molecule has 6 heteroatoms. The van der Waals surface area contributed by atoms with Crippen LogP contribution in [0.4, 0.5) is 0 Å². The molecule has 1 saturated heterocycles. The van der Waals surface area contributed by atoms with E-state index in [0.717, 1.165) is 22.7 Å². The molecule has 21 heavy (non-hydrogen) atoms. The van der Waals surface area contributed by atoms with E-state index in [0.29, 0.717) is 30.5 Å². The minimum atomic E-state index is -0.0158. The number of rotatable bonds is 3. The number of aliphatic hydroxyl groups is 1. The van der Waals surface area contributed by atoms with Crippen LogP contribution in [0, 0.1) is 12.8 Å². The number of aromatic nitrogens is 1. The Balaban J connectivity index is 1.76. The molecule has 1 fully saturated rings. The van der Waals surface area contributed by atoms with E-state index in [1.807, 2.05) is 24.0 Å². The molecule has 0 atom stereocenters. The molecule has 0 bridgehead atoms. The summed E-state index contributed by atoms with van der Waals surface area (Å²) in [6.07, 6.45) is 3.32. The molecule has 112 valence electrons. The summed E-state index contributed by atoms with van der Waals surface area (Å²) in [6.45, 7) is 3.51. The van der Waals surface area contributed by atoms with Crippen LogP contribution in [0.5, 0.6) is 0 Å². The van der Waals surface area contributed by atoms with Gasteiger partial charge in [-0.15, -0.1) is 11.3 Å².